The molecule has 2 aromatic carbocycles. The van der Waals surface area contributed by atoms with Crippen molar-refractivity contribution >= 4 is 23.4 Å². The van der Waals surface area contributed by atoms with E-state index in [1.54, 1.807) is 31.0 Å². The molecule has 178 valence electrons. The fourth-order valence-corrected chi connectivity index (χ4v) is 6.05. The second-order valence-electron chi connectivity index (χ2n) is 8.71. The smallest absolute Gasteiger partial charge is 0.379 e. The number of carbonyl (C=O) groups is 1. The van der Waals surface area contributed by atoms with Gasteiger partial charge in [0.2, 0.25) is 5.91 Å². The standard InChI is InChI=1S/C25H29F3N2O2S/c1-30(24(31)17-11-13-33-14-12-17)23(25(26,27)28)16-7-9-19(10-8-16)29-21-15-18-5-3-4-6-20(18)22(21)32-2/h3-10,17,21-23,29H,11-15H2,1-2H3/t21?,22?,23-/m0/s1. The zero-order valence-electron chi connectivity index (χ0n) is 18.8. The molecule has 1 saturated heterocycles. The van der Waals surface area contributed by atoms with Crippen LogP contribution in [0.4, 0.5) is 18.9 Å². The van der Waals surface area contributed by atoms with Gasteiger partial charge in [0.25, 0.3) is 0 Å². The van der Waals surface area contributed by atoms with Crippen molar-refractivity contribution in [1.29, 1.82) is 0 Å². The molecule has 1 amide bonds. The van der Waals surface area contributed by atoms with Crippen LogP contribution in [0.5, 0.6) is 0 Å². The molecule has 1 heterocycles. The molecule has 1 aliphatic heterocycles. The molecule has 4 rings (SSSR count). The highest BCUT2D eigenvalue weighted by Gasteiger charge is 2.46. The lowest BCUT2D eigenvalue weighted by Crippen LogP contribution is -2.43. The maximum Gasteiger partial charge on any atom is 0.413 e. The van der Waals surface area contributed by atoms with Crippen LogP contribution < -0.4 is 5.32 Å². The number of thioether (sulfide) groups is 1. The van der Waals surface area contributed by atoms with E-state index in [4.69, 9.17) is 4.74 Å². The molecule has 0 aromatic heterocycles. The zero-order valence-corrected chi connectivity index (χ0v) is 19.6. The number of methoxy groups -OCH3 is 1. The highest BCUT2D eigenvalue weighted by Crippen LogP contribution is 2.40. The molecule has 2 unspecified atom stereocenters. The van der Waals surface area contributed by atoms with E-state index in [0.717, 1.165) is 34.1 Å². The lowest BCUT2D eigenvalue weighted by atomic mass is 9.98. The molecule has 0 radical (unpaired) electrons. The summed E-state index contributed by atoms with van der Waals surface area (Å²) in [6.45, 7) is 0. The van der Waals surface area contributed by atoms with Gasteiger partial charge >= 0.3 is 6.18 Å². The van der Waals surface area contributed by atoms with Gasteiger partial charge in [0.05, 0.1) is 6.04 Å². The van der Waals surface area contributed by atoms with E-state index in [9.17, 15) is 18.0 Å². The van der Waals surface area contributed by atoms with Gasteiger partial charge in [0.1, 0.15) is 6.10 Å². The minimum atomic E-state index is -4.56. The van der Waals surface area contributed by atoms with Crippen molar-refractivity contribution in [2.24, 2.45) is 5.92 Å². The van der Waals surface area contributed by atoms with Crippen LogP contribution in [-0.2, 0) is 16.0 Å². The summed E-state index contributed by atoms with van der Waals surface area (Å²) in [5.41, 5.74) is 3.12. The zero-order chi connectivity index (χ0) is 23.6. The van der Waals surface area contributed by atoms with Gasteiger partial charge in [-0.1, -0.05) is 36.4 Å². The predicted molar refractivity (Wildman–Crippen MR) is 125 cm³/mol. The first kappa shape index (κ1) is 24.0. The number of nitrogens with zero attached hydrogens (tertiary/aromatic N) is 1. The van der Waals surface area contributed by atoms with Gasteiger partial charge in [0.15, 0.2) is 6.04 Å². The number of hydrogen-bond acceptors (Lipinski definition) is 4. The molecule has 1 N–H and O–H groups in total. The number of halogens is 3. The second-order valence-corrected chi connectivity index (χ2v) is 9.94. The van der Waals surface area contributed by atoms with Crippen molar-refractivity contribution in [3.63, 3.8) is 0 Å². The summed E-state index contributed by atoms with van der Waals surface area (Å²) in [5.74, 6) is 0.868. The Kier molecular flexibility index (Phi) is 7.24. The Balaban J connectivity index is 1.49. The van der Waals surface area contributed by atoms with Crippen LogP contribution >= 0.6 is 11.8 Å². The number of benzene rings is 2. The maximum absolute atomic E-state index is 14.0. The molecule has 1 fully saturated rings. The number of fused-ring (bicyclic) bond motifs is 1. The molecule has 0 spiro atoms. The maximum atomic E-state index is 14.0. The van der Waals surface area contributed by atoms with Gasteiger partial charge in [-0.25, -0.2) is 0 Å². The molecule has 1 aliphatic carbocycles. The number of anilines is 1. The molecule has 3 atom stereocenters. The average Bonchev–Trinajstić information content (AvgIpc) is 3.16. The SMILES string of the molecule is COC1c2ccccc2CC1Nc1ccc([C@H](N(C)C(=O)C2CCSCC2)C(F)(F)F)cc1. The van der Waals surface area contributed by atoms with Gasteiger partial charge in [-0.15, -0.1) is 0 Å². The predicted octanol–water partition coefficient (Wildman–Crippen LogP) is 5.62. The van der Waals surface area contributed by atoms with Crippen LogP contribution in [0.1, 0.15) is 41.7 Å². The summed E-state index contributed by atoms with van der Waals surface area (Å²) in [7, 11) is 2.93. The summed E-state index contributed by atoms with van der Waals surface area (Å²) in [6.07, 6.45) is -2.64. The normalized spacial score (nSPS) is 22.0. The molecule has 2 aliphatic rings. The lowest BCUT2D eigenvalue weighted by Gasteiger charge is -2.34. The van der Waals surface area contributed by atoms with Crippen molar-refractivity contribution in [3.8, 4) is 0 Å². The molecular formula is C25H29F3N2O2S. The number of carbonyl (C=O) groups excluding carboxylic acids is 1. The summed E-state index contributed by atoms with van der Waals surface area (Å²) in [4.78, 5) is 13.7. The molecule has 33 heavy (non-hydrogen) atoms. The number of ether oxygens (including phenoxy) is 1. The average molecular weight is 479 g/mol. The quantitative estimate of drug-likeness (QED) is 0.586. The second kappa shape index (κ2) is 9.97. The third-order valence-electron chi connectivity index (χ3n) is 6.61. The summed E-state index contributed by atoms with van der Waals surface area (Å²) >= 11 is 1.74. The molecule has 0 bridgehead atoms. The number of amides is 1. The van der Waals surface area contributed by atoms with Gasteiger partial charge in [-0.05, 0) is 59.6 Å². The Hall–Kier alpha value is -2.19. The third-order valence-corrected chi connectivity index (χ3v) is 7.66. The van der Waals surface area contributed by atoms with Crippen LogP contribution in [0.2, 0.25) is 0 Å². The van der Waals surface area contributed by atoms with E-state index in [1.807, 2.05) is 18.2 Å². The van der Waals surface area contributed by atoms with E-state index in [0.29, 0.717) is 12.8 Å². The minimum Gasteiger partial charge on any atom is -0.379 e. The summed E-state index contributed by atoms with van der Waals surface area (Å²) in [5, 5.41) is 3.41. The monoisotopic (exact) mass is 478 g/mol. The Morgan fingerprint density at radius 2 is 1.79 bits per heavy atom. The molecular weight excluding hydrogens is 449 g/mol. The van der Waals surface area contributed by atoms with Crippen LogP contribution in [0.3, 0.4) is 0 Å². The fraction of sp³-hybridized carbons (Fsp3) is 0.480. The van der Waals surface area contributed by atoms with E-state index < -0.39 is 18.1 Å². The van der Waals surface area contributed by atoms with Crippen LogP contribution in [-0.4, -0.2) is 48.7 Å². The van der Waals surface area contributed by atoms with E-state index >= 15 is 0 Å². The molecule has 4 nitrogen and oxygen atoms in total. The van der Waals surface area contributed by atoms with Crippen LogP contribution in [0.15, 0.2) is 48.5 Å². The topological polar surface area (TPSA) is 41.6 Å². The third kappa shape index (κ3) is 5.17. The van der Waals surface area contributed by atoms with Crippen molar-refractivity contribution < 1.29 is 22.7 Å². The summed E-state index contributed by atoms with van der Waals surface area (Å²) < 4.78 is 47.8. The van der Waals surface area contributed by atoms with Crippen LogP contribution in [0, 0.1) is 5.92 Å². The Bertz CT molecular complexity index is 961. The fourth-order valence-electron chi connectivity index (χ4n) is 4.94. The van der Waals surface area contributed by atoms with Crippen LogP contribution in [0.25, 0.3) is 0 Å². The number of nitrogens with one attached hydrogen (secondary N) is 1. The van der Waals surface area contributed by atoms with E-state index in [-0.39, 0.29) is 23.6 Å². The highest BCUT2D eigenvalue weighted by atomic mass is 32.2. The van der Waals surface area contributed by atoms with Gasteiger partial charge in [0, 0.05) is 25.8 Å². The van der Waals surface area contributed by atoms with Crippen molar-refractivity contribution in [1.82, 2.24) is 4.90 Å². The number of hydrogen-bond donors (Lipinski definition) is 1. The first-order chi connectivity index (χ1) is 15.8. The number of alkyl halides is 3. The Morgan fingerprint density at radius 1 is 1.12 bits per heavy atom. The molecule has 2 aromatic rings. The molecule has 8 heteroatoms. The number of rotatable bonds is 6. The van der Waals surface area contributed by atoms with Crippen molar-refractivity contribution in [3.05, 3.63) is 65.2 Å². The first-order valence-electron chi connectivity index (χ1n) is 11.2. The van der Waals surface area contributed by atoms with Gasteiger partial charge < -0.3 is 15.0 Å². The van der Waals surface area contributed by atoms with E-state index in [1.165, 1.54) is 24.7 Å². The first-order valence-corrected chi connectivity index (χ1v) is 12.3. The van der Waals surface area contributed by atoms with E-state index in [2.05, 4.69) is 11.4 Å². The minimum absolute atomic E-state index is 0.00918. The highest BCUT2D eigenvalue weighted by molar-refractivity contribution is 7.99. The lowest BCUT2D eigenvalue weighted by molar-refractivity contribution is -0.190. The van der Waals surface area contributed by atoms with Gasteiger partial charge in [-0.2, -0.15) is 24.9 Å². The Morgan fingerprint density at radius 3 is 2.42 bits per heavy atom. The molecule has 0 saturated carbocycles. The van der Waals surface area contributed by atoms with Crippen molar-refractivity contribution in [2.45, 2.75) is 43.6 Å². The summed E-state index contributed by atoms with van der Waals surface area (Å²) in [6, 6.07) is 12.3. The van der Waals surface area contributed by atoms with Gasteiger partial charge in [-0.3, -0.25) is 4.79 Å². The Labute approximate surface area is 196 Å². The van der Waals surface area contributed by atoms with Crippen molar-refractivity contribution in [2.75, 3.05) is 31.0 Å². The largest absolute Gasteiger partial charge is 0.413 e.